The van der Waals surface area contributed by atoms with Crippen LogP contribution in [0.1, 0.15) is 0 Å². The highest BCUT2D eigenvalue weighted by Crippen LogP contribution is 2.42. The summed E-state index contributed by atoms with van der Waals surface area (Å²) < 4.78 is 25.0. The summed E-state index contributed by atoms with van der Waals surface area (Å²) >= 11 is 0. The second kappa shape index (κ2) is 5.13. The molecular weight excluding hydrogens is 254 g/mol. The van der Waals surface area contributed by atoms with E-state index in [0.717, 1.165) is 26.0 Å². The maximum absolute atomic E-state index is 11.0. The predicted octanol–water partition coefficient (Wildman–Crippen LogP) is -0.230. The van der Waals surface area contributed by atoms with Crippen molar-refractivity contribution in [1.82, 2.24) is 8.57 Å². The molecule has 0 aliphatic rings. The molecule has 0 unspecified atom stereocenters. The zero-order valence-corrected chi connectivity index (χ0v) is 10.2. The number of nitrogens with zero attached hydrogens (tertiary/aromatic N) is 1. The van der Waals surface area contributed by atoms with Gasteiger partial charge in [-0.05, 0) is 0 Å². The standard InChI is InChI=1S/CH12N6O2P2S2/c1-7(11(4,5)9)13-12-6-10(2,3)8/h1H3,(H4,4,5,9)(H5,2,3,6,8). The van der Waals surface area contributed by atoms with E-state index < -0.39 is 15.2 Å². The molecule has 0 rings (SSSR count). The van der Waals surface area contributed by atoms with Crippen LogP contribution in [0.5, 0.6) is 0 Å². The van der Waals surface area contributed by atoms with E-state index in [9.17, 15) is 9.13 Å². The maximum atomic E-state index is 11.0. The average Bonchev–Trinajstić information content (AvgIpc) is 1.82. The van der Waals surface area contributed by atoms with Crippen LogP contribution in [0.25, 0.3) is 0 Å². The number of nitrogens with two attached hydrogens (primary N) is 4. The van der Waals surface area contributed by atoms with Crippen LogP contribution < -0.4 is 26.5 Å². The molecule has 0 bridgehead atoms. The van der Waals surface area contributed by atoms with Crippen LogP contribution in [-0.4, -0.2) is 11.1 Å². The molecule has 0 amide bonds. The summed E-state index contributed by atoms with van der Waals surface area (Å²) in [5, 5.41) is 0. The molecule has 0 fully saturated rings. The van der Waals surface area contributed by atoms with Crippen LogP contribution in [0.3, 0.4) is 0 Å². The monoisotopic (exact) mass is 266 g/mol. The van der Waals surface area contributed by atoms with E-state index in [2.05, 4.69) is 4.49 Å². The summed E-state index contributed by atoms with van der Waals surface area (Å²) in [6, 6.07) is 0. The van der Waals surface area contributed by atoms with Gasteiger partial charge in [-0.1, -0.05) is 0 Å². The van der Waals surface area contributed by atoms with Crippen molar-refractivity contribution < 1.29 is 9.13 Å². The van der Waals surface area contributed by atoms with Crippen molar-refractivity contribution in [2.45, 2.75) is 0 Å². The number of nitrogens with one attached hydrogen (secondary N) is 1. The third kappa shape index (κ3) is 7.95. The number of rotatable bonds is 5. The van der Waals surface area contributed by atoms with Gasteiger partial charge >= 0.3 is 0 Å². The van der Waals surface area contributed by atoms with Gasteiger partial charge in [0.15, 0.2) is 0 Å². The Morgan fingerprint density at radius 3 is 2.00 bits per heavy atom. The largest absolute Gasteiger partial charge is 0.286 e. The Bertz CT molecular complexity index is 247. The Balaban J connectivity index is 3.80. The molecule has 0 heterocycles. The highest BCUT2D eigenvalue weighted by atomic mass is 33.1. The second-order valence-corrected chi connectivity index (χ2v) is 8.27. The Morgan fingerprint density at radius 2 is 1.69 bits per heavy atom. The first kappa shape index (κ1) is 13.9. The van der Waals surface area contributed by atoms with E-state index in [1.54, 1.807) is 0 Å². The molecule has 0 spiro atoms. The molecular formula is CH12N6O2P2S2. The quantitative estimate of drug-likeness (QED) is 0.256. The molecule has 13 heavy (non-hydrogen) atoms. The Kier molecular flexibility index (Phi) is 5.49. The molecule has 0 aromatic carbocycles. The predicted molar refractivity (Wildman–Crippen MR) is 58.0 cm³/mol. The molecule has 0 aromatic heterocycles. The fourth-order valence-corrected chi connectivity index (χ4v) is 4.21. The number of hydrogen-bond donors (Lipinski definition) is 5. The van der Waals surface area contributed by atoms with E-state index in [1.807, 2.05) is 0 Å². The van der Waals surface area contributed by atoms with E-state index in [1.165, 1.54) is 7.05 Å². The summed E-state index contributed by atoms with van der Waals surface area (Å²) in [5.74, 6) is 0. The Morgan fingerprint density at radius 1 is 1.23 bits per heavy atom. The van der Waals surface area contributed by atoms with Crippen molar-refractivity contribution in [1.29, 1.82) is 0 Å². The summed E-state index contributed by atoms with van der Waals surface area (Å²) in [7, 11) is -3.38. The van der Waals surface area contributed by atoms with E-state index >= 15 is 0 Å². The van der Waals surface area contributed by atoms with Crippen LogP contribution in [0.4, 0.5) is 0 Å². The van der Waals surface area contributed by atoms with E-state index in [0.29, 0.717) is 0 Å². The molecule has 9 N–H and O–H groups in total. The van der Waals surface area contributed by atoms with Crippen molar-refractivity contribution in [2.24, 2.45) is 22.0 Å². The van der Waals surface area contributed by atoms with Crippen LogP contribution in [0, 0.1) is 0 Å². The third-order valence-electron chi connectivity index (χ3n) is 0.765. The zero-order valence-electron chi connectivity index (χ0n) is 6.78. The highest BCUT2D eigenvalue weighted by Gasteiger charge is 2.18. The molecule has 0 aliphatic carbocycles. The van der Waals surface area contributed by atoms with Gasteiger partial charge in [0.2, 0.25) is 0 Å². The SMILES string of the molecule is CN(SSNP(N)(N)=O)P(N)(N)=O. The summed E-state index contributed by atoms with van der Waals surface area (Å²) in [5.41, 5.74) is 20.1. The lowest BCUT2D eigenvalue weighted by molar-refractivity contribution is 0.553. The highest BCUT2D eigenvalue weighted by molar-refractivity contribution is 8.76. The second-order valence-electron chi connectivity index (χ2n) is 2.10. The van der Waals surface area contributed by atoms with Gasteiger partial charge in [-0.15, -0.1) is 0 Å². The van der Waals surface area contributed by atoms with Gasteiger partial charge < -0.3 is 0 Å². The van der Waals surface area contributed by atoms with Crippen LogP contribution in [0.2, 0.25) is 0 Å². The maximum Gasteiger partial charge on any atom is 0.286 e. The zero-order chi connectivity index (χ0) is 10.7. The number of hydrogen-bond acceptors (Lipinski definition) is 4. The van der Waals surface area contributed by atoms with Gasteiger partial charge in [0.1, 0.15) is 0 Å². The minimum atomic E-state index is -3.28. The molecule has 0 atom stereocenters. The molecule has 0 radical (unpaired) electrons. The Labute approximate surface area is 84.2 Å². The lowest BCUT2D eigenvalue weighted by Gasteiger charge is -2.18. The molecule has 0 saturated heterocycles. The average molecular weight is 266 g/mol. The van der Waals surface area contributed by atoms with Gasteiger partial charge in [-0.25, -0.2) is 0 Å². The van der Waals surface area contributed by atoms with Crippen LogP contribution >= 0.6 is 37.1 Å². The molecule has 12 heteroatoms. The Hall–Kier alpha value is 0.920. The van der Waals surface area contributed by atoms with Crippen LogP contribution in [-0.2, 0) is 9.13 Å². The molecule has 8 nitrogen and oxygen atoms in total. The summed E-state index contributed by atoms with van der Waals surface area (Å²) in [6.07, 6.45) is 0. The first-order valence-corrected chi connectivity index (χ1v) is 8.57. The van der Waals surface area contributed by atoms with Gasteiger partial charge in [0, 0.05) is 29.0 Å². The van der Waals surface area contributed by atoms with E-state index in [4.69, 9.17) is 22.0 Å². The van der Waals surface area contributed by atoms with Crippen molar-refractivity contribution in [3.8, 4) is 0 Å². The fourth-order valence-electron chi connectivity index (χ4n) is 0.181. The van der Waals surface area contributed by atoms with Crippen molar-refractivity contribution in [2.75, 3.05) is 7.05 Å². The summed E-state index contributed by atoms with van der Waals surface area (Å²) in [4.78, 5) is 0. The minimum absolute atomic E-state index is 0.842. The van der Waals surface area contributed by atoms with Crippen molar-refractivity contribution >= 4 is 37.1 Å². The van der Waals surface area contributed by atoms with Crippen molar-refractivity contribution in [3.63, 3.8) is 0 Å². The summed E-state index contributed by atoms with van der Waals surface area (Å²) in [6.45, 7) is 0. The third-order valence-corrected chi connectivity index (χ3v) is 6.28. The van der Waals surface area contributed by atoms with Crippen LogP contribution in [0.15, 0.2) is 0 Å². The lowest BCUT2D eigenvalue weighted by Crippen LogP contribution is -2.20. The molecule has 0 saturated carbocycles. The molecule has 0 aromatic rings. The first-order valence-electron chi connectivity index (χ1n) is 2.82. The lowest BCUT2D eigenvalue weighted by atomic mass is 11.6. The van der Waals surface area contributed by atoms with Crippen molar-refractivity contribution in [3.05, 3.63) is 0 Å². The van der Waals surface area contributed by atoms with Gasteiger partial charge in [-0.3, -0.25) is 31.1 Å². The minimum Gasteiger partial charge on any atom is -0.271 e. The van der Waals surface area contributed by atoms with Gasteiger partial charge in [0.25, 0.3) is 15.2 Å². The smallest absolute Gasteiger partial charge is 0.271 e. The normalized spacial score (nSPS) is 13.7. The van der Waals surface area contributed by atoms with Gasteiger partial charge in [0.05, 0.1) is 0 Å². The van der Waals surface area contributed by atoms with Gasteiger partial charge in [-0.2, -0.15) is 8.57 Å². The topological polar surface area (TPSA) is 153 Å². The molecule has 80 valence electrons. The molecule has 0 aliphatic heterocycles. The fraction of sp³-hybridized carbons (Fsp3) is 1.00. The first-order chi connectivity index (χ1) is 5.63. The van der Waals surface area contributed by atoms with E-state index in [-0.39, 0.29) is 0 Å².